The number of hydrogen-bond acceptors (Lipinski definition) is 6. The van der Waals surface area contributed by atoms with E-state index in [2.05, 4.69) is 5.32 Å². The lowest BCUT2D eigenvalue weighted by molar-refractivity contribution is -0.140. The van der Waals surface area contributed by atoms with Gasteiger partial charge >= 0.3 is 0 Å². The van der Waals surface area contributed by atoms with Gasteiger partial charge in [-0.15, -0.1) is 0 Å². The van der Waals surface area contributed by atoms with Crippen LogP contribution in [0.2, 0.25) is 0 Å². The van der Waals surface area contributed by atoms with Crippen LogP contribution in [0.25, 0.3) is 0 Å². The van der Waals surface area contributed by atoms with Gasteiger partial charge in [-0.1, -0.05) is 50.1 Å². The number of sulfonamides is 1. The molecule has 0 unspecified atom stereocenters. The van der Waals surface area contributed by atoms with Gasteiger partial charge in [0.05, 0.1) is 24.8 Å². The molecule has 0 fully saturated rings. The zero-order chi connectivity index (χ0) is 30.7. The largest absolute Gasteiger partial charge is 0.497 e. The van der Waals surface area contributed by atoms with E-state index in [1.165, 1.54) is 24.1 Å². The Balaban J connectivity index is 2.04. The number of nitrogens with one attached hydrogen (secondary N) is 1. The molecule has 3 aromatic carbocycles. The average molecular weight is 596 g/mol. The number of carbonyl (C=O) groups is 2. The third kappa shape index (κ3) is 8.25. The van der Waals surface area contributed by atoms with Gasteiger partial charge in [0.2, 0.25) is 11.8 Å². The highest BCUT2D eigenvalue weighted by Gasteiger charge is 2.33. The minimum absolute atomic E-state index is 0.0142. The lowest BCUT2D eigenvalue weighted by Gasteiger charge is -2.33. The fraction of sp³-hybridized carbons (Fsp3) is 0.375. The van der Waals surface area contributed by atoms with Gasteiger partial charge in [-0.25, -0.2) is 8.42 Å². The van der Waals surface area contributed by atoms with Crippen molar-refractivity contribution in [3.8, 4) is 11.5 Å². The van der Waals surface area contributed by atoms with Gasteiger partial charge in [0.1, 0.15) is 24.1 Å². The number of unbranched alkanes of at least 4 members (excludes halogenated alkanes) is 1. The summed E-state index contributed by atoms with van der Waals surface area (Å²) in [5.41, 5.74) is 2.04. The highest BCUT2D eigenvalue weighted by atomic mass is 32.2. The molecule has 1 N–H and O–H groups in total. The number of methoxy groups -OCH3 is 2. The first kappa shape index (κ1) is 32.5. The quantitative estimate of drug-likeness (QED) is 0.250. The van der Waals surface area contributed by atoms with E-state index in [9.17, 15) is 18.0 Å². The molecule has 0 aromatic heterocycles. The van der Waals surface area contributed by atoms with Crippen LogP contribution in [0.15, 0.2) is 77.7 Å². The van der Waals surface area contributed by atoms with Crippen molar-refractivity contribution in [1.82, 2.24) is 10.2 Å². The lowest BCUT2D eigenvalue weighted by atomic mass is 10.1. The Labute approximate surface area is 249 Å². The fourth-order valence-corrected chi connectivity index (χ4v) is 5.92. The summed E-state index contributed by atoms with van der Waals surface area (Å²) >= 11 is 0. The highest BCUT2D eigenvalue weighted by Crippen LogP contribution is 2.27. The maximum absolute atomic E-state index is 14.2. The molecule has 0 bridgehead atoms. The molecule has 0 aliphatic carbocycles. The summed E-state index contributed by atoms with van der Waals surface area (Å²) in [7, 11) is -1.11. The summed E-state index contributed by atoms with van der Waals surface area (Å²) in [5.74, 6) is 0.343. The number of anilines is 1. The van der Waals surface area contributed by atoms with E-state index in [4.69, 9.17) is 9.47 Å². The molecule has 0 aliphatic rings. The summed E-state index contributed by atoms with van der Waals surface area (Å²) in [6, 6.07) is 19.4. The summed E-state index contributed by atoms with van der Waals surface area (Å²) in [4.78, 5) is 28.9. The zero-order valence-electron chi connectivity index (χ0n) is 25.0. The minimum Gasteiger partial charge on any atom is -0.497 e. The maximum atomic E-state index is 14.2. The van der Waals surface area contributed by atoms with Crippen molar-refractivity contribution in [1.29, 1.82) is 0 Å². The first-order valence-corrected chi connectivity index (χ1v) is 15.5. The predicted molar refractivity (Wildman–Crippen MR) is 164 cm³/mol. The van der Waals surface area contributed by atoms with Crippen LogP contribution in [0.1, 0.15) is 44.2 Å². The molecule has 226 valence electrons. The molecular weight excluding hydrogens is 554 g/mol. The monoisotopic (exact) mass is 595 g/mol. The maximum Gasteiger partial charge on any atom is 0.264 e. The Kier molecular flexibility index (Phi) is 11.8. The number of hydrogen-bond donors (Lipinski definition) is 1. The van der Waals surface area contributed by atoms with E-state index < -0.39 is 28.5 Å². The van der Waals surface area contributed by atoms with Crippen molar-refractivity contribution in [3.05, 3.63) is 83.9 Å². The van der Waals surface area contributed by atoms with Gasteiger partial charge < -0.3 is 19.7 Å². The summed E-state index contributed by atoms with van der Waals surface area (Å²) < 4.78 is 39.6. The molecule has 3 rings (SSSR count). The molecule has 2 amide bonds. The number of benzene rings is 3. The Morgan fingerprint density at radius 1 is 0.905 bits per heavy atom. The fourth-order valence-electron chi connectivity index (χ4n) is 4.51. The zero-order valence-corrected chi connectivity index (χ0v) is 25.8. The summed E-state index contributed by atoms with van der Waals surface area (Å²) in [6.45, 7) is 5.86. The Morgan fingerprint density at radius 2 is 1.57 bits per heavy atom. The van der Waals surface area contributed by atoms with Crippen LogP contribution in [0, 0.1) is 6.92 Å². The molecule has 0 saturated heterocycles. The molecule has 0 radical (unpaired) electrons. The molecular formula is C32H41N3O6S. The van der Waals surface area contributed by atoms with Gasteiger partial charge in [0.25, 0.3) is 10.0 Å². The Hall–Kier alpha value is -4.05. The smallest absolute Gasteiger partial charge is 0.264 e. The molecule has 42 heavy (non-hydrogen) atoms. The van der Waals surface area contributed by atoms with Crippen molar-refractivity contribution >= 4 is 27.5 Å². The van der Waals surface area contributed by atoms with E-state index in [-0.39, 0.29) is 17.3 Å². The van der Waals surface area contributed by atoms with E-state index in [1.807, 2.05) is 32.9 Å². The van der Waals surface area contributed by atoms with Gasteiger partial charge in [-0.05, 0) is 73.9 Å². The molecule has 3 aromatic rings. The van der Waals surface area contributed by atoms with E-state index >= 15 is 0 Å². The lowest BCUT2D eigenvalue weighted by Crippen LogP contribution is -2.52. The first-order valence-electron chi connectivity index (χ1n) is 14.1. The van der Waals surface area contributed by atoms with E-state index in [1.54, 1.807) is 55.6 Å². The Bertz CT molecular complexity index is 1430. The number of ether oxygens (including phenoxy) is 2. The molecule has 0 heterocycles. The van der Waals surface area contributed by atoms with Crippen LogP contribution in [0.3, 0.4) is 0 Å². The van der Waals surface area contributed by atoms with Crippen LogP contribution < -0.4 is 19.1 Å². The van der Waals surface area contributed by atoms with Crippen LogP contribution in [-0.2, 0) is 26.2 Å². The van der Waals surface area contributed by atoms with Gasteiger partial charge in [-0.2, -0.15) is 0 Å². The normalized spacial score (nSPS) is 11.8. The number of carbonyl (C=O) groups excluding carboxylic acids is 2. The molecule has 0 saturated carbocycles. The molecule has 0 aliphatic heterocycles. The molecule has 9 nitrogen and oxygen atoms in total. The molecule has 1 atom stereocenters. The SMILES string of the molecule is CCCCNC(=O)[C@H](CC)N(Cc1cccc(OC)c1)C(=O)CN(c1ccc(C)cc1)S(=O)(=O)c1ccc(OC)cc1. The number of nitrogens with zero attached hydrogens (tertiary/aromatic N) is 2. The first-order chi connectivity index (χ1) is 20.1. The van der Waals surface area contributed by atoms with Crippen molar-refractivity contribution in [2.45, 2.75) is 57.5 Å². The number of aryl methyl sites for hydroxylation is 1. The second-order valence-electron chi connectivity index (χ2n) is 9.96. The summed E-state index contributed by atoms with van der Waals surface area (Å²) in [5, 5.41) is 2.94. The van der Waals surface area contributed by atoms with Crippen molar-refractivity contribution < 1.29 is 27.5 Å². The van der Waals surface area contributed by atoms with Gasteiger partial charge in [-0.3, -0.25) is 13.9 Å². The van der Waals surface area contributed by atoms with Gasteiger partial charge in [0.15, 0.2) is 0 Å². The molecule has 10 heteroatoms. The summed E-state index contributed by atoms with van der Waals surface area (Å²) in [6.07, 6.45) is 2.08. The van der Waals surface area contributed by atoms with Gasteiger partial charge in [0, 0.05) is 13.1 Å². The standard InChI is InChI=1S/C32H41N3O6S/c1-6-8-20-33-32(37)30(7-2)34(22-25-10-9-11-28(21-25)41-5)31(36)23-35(26-14-12-24(3)13-15-26)42(38,39)29-18-16-27(40-4)17-19-29/h9-19,21,30H,6-8,20,22-23H2,1-5H3,(H,33,37)/t30-/m0/s1. The van der Waals surface area contributed by atoms with Crippen molar-refractivity contribution in [2.75, 3.05) is 31.6 Å². The van der Waals surface area contributed by atoms with Crippen molar-refractivity contribution in [2.24, 2.45) is 0 Å². The third-order valence-electron chi connectivity index (χ3n) is 6.95. The van der Waals surface area contributed by atoms with Crippen LogP contribution in [0.4, 0.5) is 5.69 Å². The second kappa shape index (κ2) is 15.3. The predicted octanol–water partition coefficient (Wildman–Crippen LogP) is 4.93. The van der Waals surface area contributed by atoms with E-state index in [0.717, 1.165) is 28.3 Å². The Morgan fingerprint density at radius 3 is 2.17 bits per heavy atom. The average Bonchev–Trinajstić information content (AvgIpc) is 3.00. The topological polar surface area (TPSA) is 105 Å². The van der Waals surface area contributed by atoms with E-state index in [0.29, 0.717) is 30.2 Å². The highest BCUT2D eigenvalue weighted by molar-refractivity contribution is 7.92. The minimum atomic E-state index is -4.16. The third-order valence-corrected chi connectivity index (χ3v) is 8.74. The number of amides is 2. The second-order valence-corrected chi connectivity index (χ2v) is 11.8. The number of rotatable bonds is 15. The molecule has 0 spiro atoms. The van der Waals surface area contributed by atoms with Crippen molar-refractivity contribution in [3.63, 3.8) is 0 Å². The van der Waals surface area contributed by atoms with Crippen LogP contribution in [0.5, 0.6) is 11.5 Å². The van der Waals surface area contributed by atoms with Crippen LogP contribution in [-0.4, -0.2) is 58.5 Å². The van der Waals surface area contributed by atoms with Crippen LogP contribution >= 0.6 is 0 Å².